The number of nitrogens with zero attached hydrogens (tertiary/aromatic N) is 1. The lowest BCUT2D eigenvalue weighted by molar-refractivity contribution is -0.117. The molecule has 0 radical (unpaired) electrons. The van der Waals surface area contributed by atoms with Gasteiger partial charge in [-0.2, -0.15) is 0 Å². The van der Waals surface area contributed by atoms with Crippen LogP contribution in [0.3, 0.4) is 0 Å². The van der Waals surface area contributed by atoms with Crippen LogP contribution in [0.15, 0.2) is 60.8 Å². The lowest BCUT2D eigenvalue weighted by Crippen LogP contribution is -2.41. The third kappa shape index (κ3) is 6.70. The number of carbonyl (C=O) groups excluding carboxylic acids is 1. The van der Waals surface area contributed by atoms with Crippen molar-refractivity contribution in [3.63, 3.8) is 0 Å². The van der Waals surface area contributed by atoms with Gasteiger partial charge in [0.05, 0.1) is 6.10 Å². The van der Waals surface area contributed by atoms with Crippen LogP contribution >= 0.6 is 0 Å². The highest BCUT2D eigenvalue weighted by atomic mass is 16.3. The van der Waals surface area contributed by atoms with Gasteiger partial charge in [0, 0.05) is 31.8 Å². The summed E-state index contributed by atoms with van der Waals surface area (Å²) in [5, 5.41) is 12.8. The summed E-state index contributed by atoms with van der Waals surface area (Å²) >= 11 is 0. The van der Waals surface area contributed by atoms with Crippen LogP contribution in [-0.4, -0.2) is 48.2 Å². The maximum absolute atomic E-state index is 11.8. The van der Waals surface area contributed by atoms with Gasteiger partial charge in [0.1, 0.15) is 0 Å². The van der Waals surface area contributed by atoms with Crippen LogP contribution in [0.1, 0.15) is 13.3 Å². The lowest BCUT2D eigenvalue weighted by Gasteiger charge is -2.25. The number of nitrogens with one attached hydrogen (secondary N) is 1. The molecule has 4 nitrogen and oxygen atoms in total. The van der Waals surface area contributed by atoms with Crippen LogP contribution < -0.4 is 5.32 Å². The molecule has 22 heavy (non-hydrogen) atoms. The maximum atomic E-state index is 11.8. The second-order valence-electron chi connectivity index (χ2n) is 5.28. The first kappa shape index (κ1) is 18.1. The third-order valence-corrected chi connectivity index (χ3v) is 3.38. The summed E-state index contributed by atoms with van der Waals surface area (Å²) in [6, 6.07) is 0. The Hall–Kier alpha value is -1.91. The zero-order chi connectivity index (χ0) is 16.4. The van der Waals surface area contributed by atoms with Crippen LogP contribution in [0.5, 0.6) is 0 Å². The Morgan fingerprint density at radius 3 is 3.00 bits per heavy atom. The van der Waals surface area contributed by atoms with Crippen molar-refractivity contribution in [1.82, 2.24) is 10.2 Å². The van der Waals surface area contributed by atoms with Gasteiger partial charge in [-0.25, -0.2) is 0 Å². The van der Waals surface area contributed by atoms with E-state index in [1.165, 1.54) is 6.08 Å². The molecule has 2 N–H and O–H groups in total. The minimum absolute atomic E-state index is 0.212. The summed E-state index contributed by atoms with van der Waals surface area (Å²) in [5.41, 5.74) is 1.52. The molecule has 4 heteroatoms. The SMILES string of the molecule is C=C/C(=C\C)C(=O)NCC(O)CN1CC/C=C\C=C/C(=C)C1. The van der Waals surface area contributed by atoms with Crippen molar-refractivity contribution in [2.24, 2.45) is 0 Å². The highest BCUT2D eigenvalue weighted by Gasteiger charge is 2.14. The van der Waals surface area contributed by atoms with E-state index in [0.29, 0.717) is 12.1 Å². The molecule has 0 aromatic rings. The van der Waals surface area contributed by atoms with Crippen LogP contribution in [0.4, 0.5) is 0 Å². The van der Waals surface area contributed by atoms with E-state index < -0.39 is 6.10 Å². The maximum Gasteiger partial charge on any atom is 0.251 e. The smallest absolute Gasteiger partial charge is 0.251 e. The first-order chi connectivity index (χ1) is 10.6. The highest BCUT2D eigenvalue weighted by Crippen LogP contribution is 2.05. The standard InChI is InChI=1S/C18H26N2O2/c1-4-16(5-2)18(22)19-12-17(21)14-20-11-9-7-6-8-10-15(3)13-20/h4-8,10,17,21H,1,3,9,11-14H2,2H3,(H,19,22)/b7-6-,10-8-,16-5+. The predicted octanol–water partition coefficient (Wildman–Crippen LogP) is 1.97. The van der Waals surface area contributed by atoms with Gasteiger partial charge < -0.3 is 10.4 Å². The topological polar surface area (TPSA) is 52.6 Å². The number of hydrogen-bond acceptors (Lipinski definition) is 3. The molecule has 0 spiro atoms. The van der Waals surface area contributed by atoms with Gasteiger partial charge in [0.15, 0.2) is 0 Å². The number of carbonyl (C=O) groups is 1. The quantitative estimate of drug-likeness (QED) is 0.582. The Morgan fingerprint density at radius 2 is 2.32 bits per heavy atom. The van der Waals surface area contributed by atoms with E-state index in [9.17, 15) is 9.90 Å². The Morgan fingerprint density at radius 1 is 1.55 bits per heavy atom. The summed E-state index contributed by atoms with van der Waals surface area (Å²) in [7, 11) is 0. The molecule has 0 bridgehead atoms. The molecular formula is C18H26N2O2. The molecular weight excluding hydrogens is 276 g/mol. The second-order valence-corrected chi connectivity index (χ2v) is 5.28. The largest absolute Gasteiger partial charge is 0.390 e. The average Bonchev–Trinajstić information content (AvgIpc) is 2.58. The minimum atomic E-state index is -0.617. The second kappa shape index (κ2) is 9.92. The first-order valence-electron chi connectivity index (χ1n) is 7.55. The van der Waals surface area contributed by atoms with Gasteiger partial charge in [-0.15, -0.1) is 0 Å². The average molecular weight is 302 g/mol. The molecule has 0 saturated carbocycles. The fourth-order valence-electron chi connectivity index (χ4n) is 2.22. The van der Waals surface area contributed by atoms with Crippen LogP contribution in [0.25, 0.3) is 0 Å². The number of allylic oxidation sites excluding steroid dienone is 3. The molecule has 0 aromatic heterocycles. The molecule has 1 aliphatic rings. The van der Waals surface area contributed by atoms with Crippen molar-refractivity contribution in [1.29, 1.82) is 0 Å². The predicted molar refractivity (Wildman–Crippen MR) is 91.4 cm³/mol. The van der Waals surface area contributed by atoms with E-state index in [1.54, 1.807) is 13.0 Å². The van der Waals surface area contributed by atoms with Gasteiger partial charge in [-0.05, 0) is 18.9 Å². The van der Waals surface area contributed by atoms with Crippen LogP contribution in [0, 0.1) is 0 Å². The molecule has 1 amide bonds. The van der Waals surface area contributed by atoms with E-state index in [4.69, 9.17) is 0 Å². The Labute approximate surface area is 133 Å². The van der Waals surface area contributed by atoms with Crippen LogP contribution in [0.2, 0.25) is 0 Å². The molecule has 1 heterocycles. The van der Waals surface area contributed by atoms with Gasteiger partial charge in [-0.3, -0.25) is 9.69 Å². The summed E-state index contributed by atoms with van der Waals surface area (Å²) in [5.74, 6) is -0.212. The van der Waals surface area contributed by atoms with Gasteiger partial charge in [0.25, 0.3) is 5.91 Å². The highest BCUT2D eigenvalue weighted by molar-refractivity contribution is 5.95. The molecule has 1 aliphatic heterocycles. The molecule has 0 saturated heterocycles. The normalized spacial score (nSPS) is 21.2. The van der Waals surface area contributed by atoms with Gasteiger partial charge in [0.2, 0.25) is 0 Å². The fraction of sp³-hybridized carbons (Fsp3) is 0.389. The van der Waals surface area contributed by atoms with Gasteiger partial charge >= 0.3 is 0 Å². The van der Waals surface area contributed by atoms with Gasteiger partial charge in [-0.1, -0.05) is 49.6 Å². The van der Waals surface area contributed by atoms with E-state index in [-0.39, 0.29) is 12.5 Å². The summed E-state index contributed by atoms with van der Waals surface area (Å²) < 4.78 is 0. The lowest BCUT2D eigenvalue weighted by atomic mass is 10.2. The van der Waals surface area contributed by atoms with Crippen molar-refractivity contribution < 1.29 is 9.90 Å². The van der Waals surface area contributed by atoms with Crippen molar-refractivity contribution in [2.45, 2.75) is 19.4 Å². The molecule has 1 atom stereocenters. The van der Waals surface area contributed by atoms with Crippen molar-refractivity contribution >= 4 is 5.91 Å². The zero-order valence-corrected chi connectivity index (χ0v) is 13.3. The number of rotatable bonds is 6. The van der Waals surface area contributed by atoms with E-state index in [1.807, 2.05) is 18.2 Å². The number of amides is 1. The molecule has 0 fully saturated rings. The summed E-state index contributed by atoms with van der Waals surface area (Å²) in [6.07, 6.45) is 11.6. The van der Waals surface area contributed by atoms with E-state index in [0.717, 1.165) is 25.1 Å². The Balaban J connectivity index is 2.46. The summed E-state index contributed by atoms with van der Waals surface area (Å²) in [4.78, 5) is 13.9. The Kier molecular flexibility index (Phi) is 8.18. The third-order valence-electron chi connectivity index (χ3n) is 3.38. The molecule has 1 unspecified atom stereocenters. The van der Waals surface area contributed by atoms with E-state index in [2.05, 4.69) is 29.5 Å². The zero-order valence-electron chi connectivity index (χ0n) is 13.3. The van der Waals surface area contributed by atoms with E-state index >= 15 is 0 Å². The number of hydrogen-bond donors (Lipinski definition) is 2. The summed E-state index contributed by atoms with van der Waals surface area (Å²) in [6.45, 7) is 11.7. The number of aliphatic hydroxyl groups is 1. The molecule has 1 rings (SSSR count). The molecule has 120 valence electrons. The molecule has 0 aromatic carbocycles. The van der Waals surface area contributed by atoms with Crippen molar-refractivity contribution in [3.8, 4) is 0 Å². The van der Waals surface area contributed by atoms with Crippen molar-refractivity contribution in [2.75, 3.05) is 26.2 Å². The number of β-amino-alcohol motifs (C(OH)–C–C–N with tert-alkyl or cyclic N) is 1. The monoisotopic (exact) mass is 302 g/mol. The first-order valence-corrected chi connectivity index (χ1v) is 7.55. The number of aliphatic hydroxyl groups excluding tert-OH is 1. The fourth-order valence-corrected chi connectivity index (χ4v) is 2.22. The Bertz CT molecular complexity index is 489. The van der Waals surface area contributed by atoms with Crippen LogP contribution in [-0.2, 0) is 4.79 Å². The minimum Gasteiger partial charge on any atom is -0.390 e. The molecule has 0 aliphatic carbocycles. The van der Waals surface area contributed by atoms with Crippen molar-refractivity contribution in [3.05, 3.63) is 60.8 Å².